The normalized spacial score (nSPS) is 12.4. The van der Waals surface area contributed by atoms with Gasteiger partial charge in [-0.3, -0.25) is 0 Å². The number of aryl methyl sites for hydroxylation is 1. The second kappa shape index (κ2) is 4.89. The van der Waals surface area contributed by atoms with Gasteiger partial charge in [0.15, 0.2) is 0 Å². The fraction of sp³-hybridized carbons (Fsp3) is 0.385. The SMILES string of the molecule is C/C(=N/N)N(N)c1ccc2c(n1)c(C(C)C)cn2C. The highest BCUT2D eigenvalue weighted by Gasteiger charge is 2.14. The Morgan fingerprint density at radius 3 is 2.68 bits per heavy atom. The molecule has 0 aliphatic heterocycles. The minimum atomic E-state index is 0.405. The number of nitrogens with zero attached hydrogens (tertiary/aromatic N) is 4. The second-order valence-corrected chi connectivity index (χ2v) is 4.93. The molecule has 0 saturated carbocycles. The van der Waals surface area contributed by atoms with Crippen LogP contribution in [-0.2, 0) is 7.05 Å². The summed E-state index contributed by atoms with van der Waals surface area (Å²) in [6.07, 6.45) is 2.11. The molecular weight excluding hydrogens is 240 g/mol. The molecule has 0 bridgehead atoms. The Morgan fingerprint density at radius 2 is 2.11 bits per heavy atom. The molecule has 0 aromatic carbocycles. The Labute approximate surface area is 112 Å². The molecule has 0 aliphatic rings. The first kappa shape index (κ1) is 13.4. The van der Waals surface area contributed by atoms with Crippen LogP contribution in [0.1, 0.15) is 32.3 Å². The number of rotatable bonds is 2. The molecule has 0 spiro atoms. The molecule has 2 heterocycles. The van der Waals surface area contributed by atoms with Crippen LogP contribution >= 0.6 is 0 Å². The number of fused-ring (bicyclic) bond motifs is 1. The maximum Gasteiger partial charge on any atom is 0.149 e. The Hall–Kier alpha value is -2.08. The largest absolute Gasteiger partial charge is 0.349 e. The number of amidine groups is 1. The molecule has 19 heavy (non-hydrogen) atoms. The molecule has 102 valence electrons. The number of nitrogens with two attached hydrogens (primary N) is 2. The summed E-state index contributed by atoms with van der Waals surface area (Å²) in [5.41, 5.74) is 3.26. The number of hydrogen-bond acceptors (Lipinski definition) is 4. The van der Waals surface area contributed by atoms with E-state index < -0.39 is 0 Å². The third kappa shape index (κ3) is 2.26. The van der Waals surface area contributed by atoms with Crippen molar-refractivity contribution in [1.29, 1.82) is 0 Å². The van der Waals surface area contributed by atoms with E-state index in [9.17, 15) is 0 Å². The Bertz CT molecular complexity index is 625. The van der Waals surface area contributed by atoms with Crippen LogP contribution in [0.3, 0.4) is 0 Å². The van der Waals surface area contributed by atoms with Crippen LogP contribution < -0.4 is 16.7 Å². The van der Waals surface area contributed by atoms with Crippen LogP contribution in [0.25, 0.3) is 11.0 Å². The van der Waals surface area contributed by atoms with Gasteiger partial charge in [-0.05, 0) is 30.5 Å². The van der Waals surface area contributed by atoms with Gasteiger partial charge in [0, 0.05) is 13.2 Å². The summed E-state index contributed by atoms with van der Waals surface area (Å²) in [5.74, 6) is 12.7. The molecule has 0 unspecified atom stereocenters. The third-order valence-electron chi connectivity index (χ3n) is 3.25. The molecule has 2 rings (SSSR count). The smallest absolute Gasteiger partial charge is 0.149 e. The molecule has 0 aliphatic carbocycles. The van der Waals surface area contributed by atoms with Gasteiger partial charge in [-0.2, -0.15) is 5.10 Å². The molecule has 0 amide bonds. The minimum absolute atomic E-state index is 0.405. The first-order chi connectivity index (χ1) is 8.95. The standard InChI is InChI=1S/C13H20N6/c1-8(2)10-7-18(4)11-5-6-12(16-13(10)11)19(15)9(3)17-14/h5-8H,14-15H2,1-4H3/b17-9-. The molecule has 2 aromatic heterocycles. The van der Waals surface area contributed by atoms with E-state index in [1.165, 1.54) is 10.6 Å². The van der Waals surface area contributed by atoms with Gasteiger partial charge in [-0.1, -0.05) is 13.8 Å². The molecule has 6 heteroatoms. The molecule has 0 saturated heterocycles. The van der Waals surface area contributed by atoms with Gasteiger partial charge < -0.3 is 10.4 Å². The number of hydrazine groups is 1. The molecule has 0 atom stereocenters. The highest BCUT2D eigenvalue weighted by Crippen LogP contribution is 2.27. The van der Waals surface area contributed by atoms with Gasteiger partial charge in [0.25, 0.3) is 0 Å². The maximum atomic E-state index is 5.93. The van der Waals surface area contributed by atoms with E-state index in [1.54, 1.807) is 6.92 Å². The van der Waals surface area contributed by atoms with Crippen LogP contribution in [0.5, 0.6) is 0 Å². The fourth-order valence-electron chi connectivity index (χ4n) is 2.06. The van der Waals surface area contributed by atoms with Crippen molar-refractivity contribution < 1.29 is 0 Å². The molecule has 0 fully saturated rings. The van der Waals surface area contributed by atoms with Gasteiger partial charge in [-0.15, -0.1) is 0 Å². The average molecular weight is 260 g/mol. The maximum absolute atomic E-state index is 5.93. The van der Waals surface area contributed by atoms with Crippen LogP contribution in [0, 0.1) is 0 Å². The summed E-state index contributed by atoms with van der Waals surface area (Å²) in [6.45, 7) is 6.03. The van der Waals surface area contributed by atoms with E-state index in [1.807, 2.05) is 19.2 Å². The lowest BCUT2D eigenvalue weighted by Gasteiger charge is -2.16. The summed E-state index contributed by atoms with van der Waals surface area (Å²) in [6, 6.07) is 3.87. The van der Waals surface area contributed by atoms with Gasteiger partial charge in [0.1, 0.15) is 11.7 Å². The topological polar surface area (TPSA) is 85.5 Å². The Kier molecular flexibility index (Phi) is 3.44. The summed E-state index contributed by atoms with van der Waals surface area (Å²) >= 11 is 0. The molecule has 6 nitrogen and oxygen atoms in total. The third-order valence-corrected chi connectivity index (χ3v) is 3.25. The van der Waals surface area contributed by atoms with Gasteiger partial charge in [0.05, 0.1) is 11.0 Å². The summed E-state index contributed by atoms with van der Waals surface area (Å²) in [4.78, 5) is 4.63. The van der Waals surface area contributed by atoms with Crippen molar-refractivity contribution in [2.24, 2.45) is 23.8 Å². The zero-order valence-corrected chi connectivity index (χ0v) is 11.8. The van der Waals surface area contributed by atoms with Crippen molar-refractivity contribution in [1.82, 2.24) is 9.55 Å². The van der Waals surface area contributed by atoms with E-state index in [0.29, 0.717) is 17.6 Å². The lowest BCUT2D eigenvalue weighted by atomic mass is 10.1. The Balaban J connectivity index is 2.59. The number of aromatic nitrogens is 2. The fourth-order valence-corrected chi connectivity index (χ4v) is 2.06. The summed E-state index contributed by atoms with van der Waals surface area (Å²) in [5, 5.41) is 4.97. The molecule has 0 radical (unpaired) electrons. The van der Waals surface area contributed by atoms with E-state index in [0.717, 1.165) is 11.0 Å². The van der Waals surface area contributed by atoms with Crippen molar-refractivity contribution in [3.63, 3.8) is 0 Å². The molecular formula is C13H20N6. The first-order valence-electron chi connectivity index (χ1n) is 6.21. The number of hydrogen-bond donors (Lipinski definition) is 2. The average Bonchev–Trinajstić information content (AvgIpc) is 2.74. The summed E-state index contributed by atoms with van der Waals surface area (Å²) < 4.78 is 2.08. The predicted molar refractivity (Wildman–Crippen MR) is 78.8 cm³/mol. The monoisotopic (exact) mass is 260 g/mol. The second-order valence-electron chi connectivity index (χ2n) is 4.93. The van der Waals surface area contributed by atoms with Gasteiger partial charge in [0.2, 0.25) is 0 Å². The quantitative estimate of drug-likeness (QED) is 0.372. The van der Waals surface area contributed by atoms with E-state index >= 15 is 0 Å². The minimum Gasteiger partial charge on any atom is -0.349 e. The van der Waals surface area contributed by atoms with Crippen molar-refractivity contribution >= 4 is 22.7 Å². The molecule has 2 aromatic rings. The lowest BCUT2D eigenvalue weighted by molar-refractivity contribution is 0.855. The zero-order valence-electron chi connectivity index (χ0n) is 11.8. The first-order valence-corrected chi connectivity index (χ1v) is 6.21. The highest BCUT2D eigenvalue weighted by atomic mass is 15.5. The summed E-state index contributed by atoms with van der Waals surface area (Å²) in [7, 11) is 2.02. The van der Waals surface area contributed by atoms with Crippen LogP contribution in [0.15, 0.2) is 23.4 Å². The Morgan fingerprint density at radius 1 is 1.42 bits per heavy atom. The van der Waals surface area contributed by atoms with E-state index in [-0.39, 0.29) is 0 Å². The van der Waals surface area contributed by atoms with Crippen LogP contribution in [-0.4, -0.2) is 15.4 Å². The number of anilines is 1. The van der Waals surface area contributed by atoms with Gasteiger partial charge in [-0.25, -0.2) is 15.8 Å². The number of hydrazone groups is 1. The zero-order chi connectivity index (χ0) is 14.2. The number of pyridine rings is 1. The van der Waals surface area contributed by atoms with Crippen LogP contribution in [0.4, 0.5) is 5.82 Å². The van der Waals surface area contributed by atoms with E-state index in [4.69, 9.17) is 11.7 Å². The van der Waals surface area contributed by atoms with Crippen molar-refractivity contribution in [2.75, 3.05) is 5.01 Å². The lowest BCUT2D eigenvalue weighted by Crippen LogP contribution is -2.37. The van der Waals surface area contributed by atoms with Crippen molar-refractivity contribution in [3.8, 4) is 0 Å². The highest BCUT2D eigenvalue weighted by molar-refractivity contribution is 5.95. The van der Waals surface area contributed by atoms with Crippen molar-refractivity contribution in [2.45, 2.75) is 26.7 Å². The predicted octanol–water partition coefficient (Wildman–Crippen LogP) is 1.67. The van der Waals surface area contributed by atoms with E-state index in [2.05, 4.69) is 34.7 Å². The van der Waals surface area contributed by atoms with Gasteiger partial charge >= 0.3 is 0 Å². The van der Waals surface area contributed by atoms with Crippen LogP contribution in [0.2, 0.25) is 0 Å². The van der Waals surface area contributed by atoms with Crippen molar-refractivity contribution in [3.05, 3.63) is 23.9 Å². The molecule has 4 N–H and O–H groups in total.